The molecule has 2 aromatic carbocycles. The standard InChI is InChI=1S/C31H42O8/c1-3-5-7-9-11-13-29(35)37-26-18-22(32)19-27-23(26)20-28(38-30(36)14-12-10-8-6-4-2)31(39-27)21-15-16-24(33)25(34)17-21/h15-19,28,31-34H,3-14,20H2,1-2H3/t28-,31+/m1/s1. The number of phenols is 3. The molecule has 0 aliphatic carbocycles. The fourth-order valence-corrected chi connectivity index (χ4v) is 4.78. The lowest BCUT2D eigenvalue weighted by Gasteiger charge is -2.34. The van der Waals surface area contributed by atoms with Crippen molar-refractivity contribution in [1.82, 2.24) is 0 Å². The van der Waals surface area contributed by atoms with Gasteiger partial charge in [0.25, 0.3) is 0 Å². The highest BCUT2D eigenvalue weighted by molar-refractivity contribution is 5.74. The molecule has 0 radical (unpaired) electrons. The van der Waals surface area contributed by atoms with Crippen LogP contribution in [-0.2, 0) is 20.7 Å². The number of phenolic OH excluding ortho intramolecular Hbond substituents is 3. The van der Waals surface area contributed by atoms with Gasteiger partial charge in [0.1, 0.15) is 23.4 Å². The summed E-state index contributed by atoms with van der Waals surface area (Å²) >= 11 is 0. The summed E-state index contributed by atoms with van der Waals surface area (Å²) in [6.45, 7) is 4.27. The van der Waals surface area contributed by atoms with Crippen LogP contribution in [0, 0.1) is 0 Å². The normalized spacial score (nSPS) is 16.3. The molecule has 0 spiro atoms. The van der Waals surface area contributed by atoms with E-state index in [1.54, 1.807) is 6.07 Å². The van der Waals surface area contributed by atoms with Gasteiger partial charge < -0.3 is 29.5 Å². The third-order valence-corrected chi connectivity index (χ3v) is 6.95. The predicted octanol–water partition coefficient (Wildman–Crippen LogP) is 7.02. The number of benzene rings is 2. The Hall–Kier alpha value is -3.42. The maximum Gasteiger partial charge on any atom is 0.311 e. The maximum absolute atomic E-state index is 12.8. The van der Waals surface area contributed by atoms with Gasteiger partial charge in [-0.15, -0.1) is 0 Å². The number of unbranched alkanes of at least 4 members (excludes halogenated alkanes) is 8. The molecule has 0 saturated carbocycles. The summed E-state index contributed by atoms with van der Waals surface area (Å²) in [6.07, 6.45) is 9.10. The van der Waals surface area contributed by atoms with Crippen LogP contribution in [0.2, 0.25) is 0 Å². The van der Waals surface area contributed by atoms with Crippen molar-refractivity contribution in [1.29, 1.82) is 0 Å². The van der Waals surface area contributed by atoms with Gasteiger partial charge in [0.05, 0.1) is 0 Å². The zero-order valence-electron chi connectivity index (χ0n) is 23.1. The zero-order valence-corrected chi connectivity index (χ0v) is 23.1. The molecule has 8 nitrogen and oxygen atoms in total. The number of esters is 2. The fourth-order valence-electron chi connectivity index (χ4n) is 4.78. The summed E-state index contributed by atoms with van der Waals surface area (Å²) in [7, 11) is 0. The summed E-state index contributed by atoms with van der Waals surface area (Å²) in [5, 5.41) is 30.2. The number of carbonyl (C=O) groups is 2. The number of rotatable bonds is 15. The number of hydrogen-bond donors (Lipinski definition) is 3. The van der Waals surface area contributed by atoms with Gasteiger partial charge in [0.2, 0.25) is 0 Å². The second kappa shape index (κ2) is 15.2. The SMILES string of the molecule is CCCCCCCC(=O)Oc1cc(O)cc2c1C[C@@H](OC(=O)CCCCCCC)[C@H](c1ccc(O)c(O)c1)O2. The Morgan fingerprint density at radius 2 is 1.46 bits per heavy atom. The molecule has 1 heterocycles. The lowest BCUT2D eigenvalue weighted by molar-refractivity contribution is -0.155. The predicted molar refractivity (Wildman–Crippen MR) is 147 cm³/mol. The minimum Gasteiger partial charge on any atom is -0.508 e. The second-order valence-corrected chi connectivity index (χ2v) is 10.2. The Kier molecular flexibility index (Phi) is 11.8. The minimum absolute atomic E-state index is 0.130. The van der Waals surface area contributed by atoms with Gasteiger partial charge >= 0.3 is 11.9 Å². The van der Waals surface area contributed by atoms with Crippen LogP contribution in [0.25, 0.3) is 0 Å². The van der Waals surface area contributed by atoms with Gasteiger partial charge in [-0.1, -0.05) is 71.3 Å². The van der Waals surface area contributed by atoms with Gasteiger partial charge in [0, 0.05) is 42.5 Å². The topological polar surface area (TPSA) is 123 Å². The van der Waals surface area contributed by atoms with Crippen LogP contribution in [0.5, 0.6) is 28.7 Å². The summed E-state index contributed by atoms with van der Waals surface area (Å²) in [6, 6.07) is 7.08. The quantitative estimate of drug-likeness (QED) is 0.0950. The van der Waals surface area contributed by atoms with Crippen LogP contribution in [0.3, 0.4) is 0 Å². The molecule has 1 aliphatic heterocycles. The lowest BCUT2D eigenvalue weighted by atomic mass is 9.93. The van der Waals surface area contributed by atoms with Crippen LogP contribution in [0.4, 0.5) is 0 Å². The molecule has 0 aromatic heterocycles. The van der Waals surface area contributed by atoms with E-state index in [4.69, 9.17) is 14.2 Å². The molecular formula is C31H42O8. The van der Waals surface area contributed by atoms with Gasteiger partial charge in [-0.3, -0.25) is 9.59 Å². The van der Waals surface area contributed by atoms with Gasteiger partial charge in [-0.25, -0.2) is 0 Å². The first-order valence-electron chi connectivity index (χ1n) is 14.3. The third kappa shape index (κ3) is 9.08. The molecule has 214 valence electrons. The van der Waals surface area contributed by atoms with Crippen LogP contribution in [-0.4, -0.2) is 33.4 Å². The summed E-state index contributed by atoms with van der Waals surface area (Å²) in [5.74, 6) is -1.02. The van der Waals surface area contributed by atoms with Crippen LogP contribution in [0.1, 0.15) is 108 Å². The smallest absolute Gasteiger partial charge is 0.311 e. The van der Waals surface area contributed by atoms with Crippen LogP contribution < -0.4 is 9.47 Å². The molecule has 2 aromatic rings. The Morgan fingerprint density at radius 3 is 2.10 bits per heavy atom. The Morgan fingerprint density at radius 1 is 0.821 bits per heavy atom. The van der Waals surface area contributed by atoms with E-state index < -0.39 is 18.2 Å². The molecule has 0 unspecified atom stereocenters. The zero-order chi connectivity index (χ0) is 28.2. The molecule has 3 N–H and O–H groups in total. The summed E-state index contributed by atoms with van der Waals surface area (Å²) in [4.78, 5) is 25.3. The molecule has 1 aliphatic rings. The minimum atomic E-state index is -0.808. The number of carbonyl (C=O) groups excluding carboxylic acids is 2. The highest BCUT2D eigenvalue weighted by Gasteiger charge is 2.37. The van der Waals surface area contributed by atoms with Gasteiger partial charge in [0.15, 0.2) is 17.6 Å². The van der Waals surface area contributed by atoms with E-state index in [1.807, 2.05) is 0 Å². The fraction of sp³-hybridized carbons (Fsp3) is 0.548. The Bertz CT molecular complexity index is 1100. The maximum atomic E-state index is 12.8. The molecule has 3 rings (SSSR count). The van der Waals surface area contributed by atoms with Crippen molar-refractivity contribution in [2.75, 3.05) is 0 Å². The molecule has 2 atom stereocenters. The number of hydrogen-bond acceptors (Lipinski definition) is 8. The van der Waals surface area contributed by atoms with Crippen LogP contribution >= 0.6 is 0 Å². The van der Waals surface area contributed by atoms with Crippen molar-refractivity contribution in [3.8, 4) is 28.7 Å². The number of fused-ring (bicyclic) bond motifs is 1. The number of aromatic hydroxyl groups is 3. The van der Waals surface area contributed by atoms with E-state index in [2.05, 4.69) is 13.8 Å². The highest BCUT2D eigenvalue weighted by atomic mass is 16.6. The van der Waals surface area contributed by atoms with Crippen molar-refractivity contribution in [2.24, 2.45) is 0 Å². The monoisotopic (exact) mass is 542 g/mol. The van der Waals surface area contributed by atoms with E-state index in [1.165, 1.54) is 24.3 Å². The molecule has 0 bridgehead atoms. The largest absolute Gasteiger partial charge is 0.508 e. The lowest BCUT2D eigenvalue weighted by Crippen LogP contribution is -2.35. The Balaban J connectivity index is 1.79. The molecule has 0 fully saturated rings. The molecule has 8 heteroatoms. The highest BCUT2D eigenvalue weighted by Crippen LogP contribution is 2.44. The van der Waals surface area contributed by atoms with Gasteiger partial charge in [-0.2, -0.15) is 0 Å². The Labute approximate surface area is 230 Å². The van der Waals surface area contributed by atoms with Crippen molar-refractivity contribution in [2.45, 2.75) is 110 Å². The summed E-state index contributed by atoms with van der Waals surface area (Å²) in [5.41, 5.74) is 1.01. The first-order chi connectivity index (χ1) is 18.8. The van der Waals surface area contributed by atoms with Crippen molar-refractivity contribution < 1.29 is 39.1 Å². The van der Waals surface area contributed by atoms with E-state index in [9.17, 15) is 24.9 Å². The summed E-state index contributed by atoms with van der Waals surface area (Å²) < 4.78 is 17.7. The third-order valence-electron chi connectivity index (χ3n) is 6.95. The van der Waals surface area contributed by atoms with Gasteiger partial charge in [-0.05, 0) is 25.0 Å². The first kappa shape index (κ1) is 30.1. The van der Waals surface area contributed by atoms with Crippen LogP contribution in [0.15, 0.2) is 30.3 Å². The average Bonchev–Trinajstić information content (AvgIpc) is 2.90. The molecule has 0 saturated heterocycles. The van der Waals surface area contributed by atoms with Crippen molar-refractivity contribution in [3.05, 3.63) is 41.5 Å². The molecule has 39 heavy (non-hydrogen) atoms. The van der Waals surface area contributed by atoms with E-state index in [-0.39, 0.29) is 48.2 Å². The van der Waals surface area contributed by atoms with Crippen molar-refractivity contribution >= 4 is 11.9 Å². The van der Waals surface area contributed by atoms with Crippen molar-refractivity contribution in [3.63, 3.8) is 0 Å². The van der Waals surface area contributed by atoms with E-state index in [0.29, 0.717) is 16.9 Å². The van der Waals surface area contributed by atoms with E-state index >= 15 is 0 Å². The average molecular weight is 543 g/mol. The molecule has 0 amide bonds. The number of ether oxygens (including phenoxy) is 3. The second-order valence-electron chi connectivity index (χ2n) is 10.2. The first-order valence-corrected chi connectivity index (χ1v) is 14.3. The van der Waals surface area contributed by atoms with E-state index in [0.717, 1.165) is 64.2 Å². The molecular weight excluding hydrogens is 500 g/mol.